The van der Waals surface area contributed by atoms with Crippen LogP contribution in [-0.2, 0) is 4.79 Å². The van der Waals surface area contributed by atoms with Gasteiger partial charge in [0.15, 0.2) is 0 Å². The van der Waals surface area contributed by atoms with Gasteiger partial charge < -0.3 is 15.3 Å². The van der Waals surface area contributed by atoms with Crippen LogP contribution >= 0.6 is 0 Å². The summed E-state index contributed by atoms with van der Waals surface area (Å²) >= 11 is 0. The molecule has 21 heavy (non-hydrogen) atoms. The number of aliphatic hydroxyl groups excluding tert-OH is 1. The number of carbonyl (C=O) groups is 1. The van der Waals surface area contributed by atoms with E-state index in [1.54, 1.807) is 24.3 Å². The first-order valence-corrected chi connectivity index (χ1v) is 7.25. The van der Waals surface area contributed by atoms with E-state index in [4.69, 9.17) is 10.4 Å². The average Bonchev–Trinajstić information content (AvgIpc) is 2.50. The Labute approximate surface area is 126 Å². The van der Waals surface area contributed by atoms with E-state index in [1.807, 2.05) is 13.1 Å². The third-order valence-electron chi connectivity index (χ3n) is 3.22. The molecule has 0 bridgehead atoms. The SMILES string of the molecule is CN(CCCCCO)CCC(=O)Nc1ccc(C#N)cc1. The van der Waals surface area contributed by atoms with Crippen molar-refractivity contribution in [1.82, 2.24) is 4.90 Å². The highest BCUT2D eigenvalue weighted by molar-refractivity contribution is 5.90. The number of nitrogens with zero attached hydrogens (tertiary/aromatic N) is 2. The summed E-state index contributed by atoms with van der Waals surface area (Å²) in [6.07, 6.45) is 3.33. The van der Waals surface area contributed by atoms with E-state index in [2.05, 4.69) is 10.2 Å². The lowest BCUT2D eigenvalue weighted by molar-refractivity contribution is -0.116. The summed E-state index contributed by atoms with van der Waals surface area (Å²) in [6.45, 7) is 1.89. The number of anilines is 1. The van der Waals surface area contributed by atoms with Gasteiger partial charge in [0, 0.05) is 25.3 Å². The van der Waals surface area contributed by atoms with Crippen molar-refractivity contribution in [2.24, 2.45) is 0 Å². The first-order chi connectivity index (χ1) is 10.2. The molecule has 0 aromatic heterocycles. The van der Waals surface area contributed by atoms with Gasteiger partial charge in [0.1, 0.15) is 0 Å². The molecule has 0 heterocycles. The van der Waals surface area contributed by atoms with E-state index < -0.39 is 0 Å². The number of aliphatic hydroxyl groups is 1. The van der Waals surface area contributed by atoms with E-state index in [0.29, 0.717) is 24.2 Å². The van der Waals surface area contributed by atoms with Crippen LogP contribution in [0.5, 0.6) is 0 Å². The summed E-state index contributed by atoms with van der Waals surface area (Å²) in [7, 11) is 1.99. The van der Waals surface area contributed by atoms with E-state index in [9.17, 15) is 4.79 Å². The van der Waals surface area contributed by atoms with Crippen molar-refractivity contribution in [3.05, 3.63) is 29.8 Å². The lowest BCUT2D eigenvalue weighted by Crippen LogP contribution is -2.25. The minimum absolute atomic E-state index is 0.0260. The molecule has 114 valence electrons. The van der Waals surface area contributed by atoms with Gasteiger partial charge >= 0.3 is 0 Å². The molecule has 1 rings (SSSR count). The van der Waals surface area contributed by atoms with Crippen molar-refractivity contribution in [3.63, 3.8) is 0 Å². The molecule has 1 aromatic carbocycles. The van der Waals surface area contributed by atoms with Crippen LogP contribution in [0.1, 0.15) is 31.2 Å². The summed E-state index contributed by atoms with van der Waals surface area (Å²) < 4.78 is 0. The molecule has 0 saturated carbocycles. The quantitative estimate of drug-likeness (QED) is 0.682. The molecule has 5 heteroatoms. The second kappa shape index (κ2) is 9.92. The molecule has 5 nitrogen and oxygen atoms in total. The normalized spacial score (nSPS) is 10.4. The van der Waals surface area contributed by atoms with Crippen molar-refractivity contribution >= 4 is 11.6 Å². The maximum atomic E-state index is 11.8. The summed E-state index contributed by atoms with van der Waals surface area (Å²) in [4.78, 5) is 13.9. The van der Waals surface area contributed by atoms with Gasteiger partial charge in [-0.2, -0.15) is 5.26 Å². The predicted molar refractivity (Wildman–Crippen MR) is 82.8 cm³/mol. The second-order valence-corrected chi connectivity index (χ2v) is 5.07. The van der Waals surface area contributed by atoms with Crippen LogP contribution in [0.2, 0.25) is 0 Å². The zero-order chi connectivity index (χ0) is 15.5. The molecular weight excluding hydrogens is 266 g/mol. The maximum Gasteiger partial charge on any atom is 0.225 e. The lowest BCUT2D eigenvalue weighted by atomic mass is 10.2. The Bertz CT molecular complexity index is 465. The Morgan fingerprint density at radius 1 is 1.24 bits per heavy atom. The molecule has 0 atom stereocenters. The van der Waals surface area contributed by atoms with Gasteiger partial charge in [-0.25, -0.2) is 0 Å². The zero-order valence-electron chi connectivity index (χ0n) is 12.5. The lowest BCUT2D eigenvalue weighted by Gasteiger charge is -2.16. The number of nitriles is 1. The molecule has 0 unspecified atom stereocenters. The minimum atomic E-state index is -0.0260. The van der Waals surface area contributed by atoms with Gasteiger partial charge in [-0.05, 0) is 57.1 Å². The van der Waals surface area contributed by atoms with Gasteiger partial charge in [-0.15, -0.1) is 0 Å². The summed E-state index contributed by atoms with van der Waals surface area (Å²) in [6, 6.07) is 8.87. The largest absolute Gasteiger partial charge is 0.396 e. The van der Waals surface area contributed by atoms with E-state index in [1.165, 1.54) is 0 Å². The minimum Gasteiger partial charge on any atom is -0.396 e. The topological polar surface area (TPSA) is 76.4 Å². The highest BCUT2D eigenvalue weighted by atomic mass is 16.2. The fraction of sp³-hybridized carbons (Fsp3) is 0.500. The van der Waals surface area contributed by atoms with Crippen molar-refractivity contribution in [2.45, 2.75) is 25.7 Å². The number of nitrogens with one attached hydrogen (secondary N) is 1. The Morgan fingerprint density at radius 3 is 2.57 bits per heavy atom. The maximum absolute atomic E-state index is 11.8. The molecule has 0 aliphatic carbocycles. The molecular formula is C16H23N3O2. The van der Waals surface area contributed by atoms with Crippen molar-refractivity contribution in [1.29, 1.82) is 5.26 Å². The Morgan fingerprint density at radius 2 is 1.95 bits per heavy atom. The molecule has 0 saturated heterocycles. The Kier molecular flexibility index (Phi) is 8.10. The first kappa shape index (κ1) is 17.2. The number of rotatable bonds is 9. The monoisotopic (exact) mass is 289 g/mol. The predicted octanol–water partition coefficient (Wildman–Crippen LogP) is 1.98. The molecule has 0 aliphatic heterocycles. The van der Waals surface area contributed by atoms with Gasteiger partial charge in [-0.1, -0.05) is 0 Å². The highest BCUT2D eigenvalue weighted by Gasteiger charge is 2.05. The van der Waals surface area contributed by atoms with E-state index >= 15 is 0 Å². The molecule has 1 amide bonds. The number of hydrogen-bond acceptors (Lipinski definition) is 4. The van der Waals surface area contributed by atoms with Crippen molar-refractivity contribution in [2.75, 3.05) is 32.1 Å². The highest BCUT2D eigenvalue weighted by Crippen LogP contribution is 2.09. The van der Waals surface area contributed by atoms with Crippen LogP contribution in [0, 0.1) is 11.3 Å². The van der Waals surface area contributed by atoms with Crippen LogP contribution in [0.3, 0.4) is 0 Å². The number of benzene rings is 1. The molecule has 0 spiro atoms. The third-order valence-corrected chi connectivity index (χ3v) is 3.22. The smallest absolute Gasteiger partial charge is 0.225 e. The van der Waals surface area contributed by atoms with Gasteiger partial charge in [0.05, 0.1) is 11.6 Å². The van der Waals surface area contributed by atoms with Crippen molar-refractivity contribution < 1.29 is 9.90 Å². The molecule has 2 N–H and O–H groups in total. The van der Waals surface area contributed by atoms with Crippen LogP contribution in [0.25, 0.3) is 0 Å². The van der Waals surface area contributed by atoms with Gasteiger partial charge in [0.2, 0.25) is 5.91 Å². The van der Waals surface area contributed by atoms with Gasteiger partial charge in [-0.3, -0.25) is 4.79 Å². The third kappa shape index (κ3) is 7.45. The first-order valence-electron chi connectivity index (χ1n) is 7.25. The van der Waals surface area contributed by atoms with Gasteiger partial charge in [0.25, 0.3) is 0 Å². The van der Waals surface area contributed by atoms with Crippen LogP contribution in [0.4, 0.5) is 5.69 Å². The number of carbonyl (C=O) groups excluding carboxylic acids is 1. The summed E-state index contributed by atoms with van der Waals surface area (Å²) in [5.41, 5.74) is 1.29. The fourth-order valence-electron chi connectivity index (χ4n) is 1.93. The zero-order valence-corrected chi connectivity index (χ0v) is 12.5. The van der Waals surface area contributed by atoms with Crippen LogP contribution in [-0.4, -0.2) is 42.7 Å². The van der Waals surface area contributed by atoms with E-state index in [-0.39, 0.29) is 12.5 Å². The Balaban J connectivity index is 2.22. The van der Waals surface area contributed by atoms with E-state index in [0.717, 1.165) is 25.8 Å². The molecule has 0 radical (unpaired) electrons. The van der Waals surface area contributed by atoms with Crippen LogP contribution < -0.4 is 5.32 Å². The van der Waals surface area contributed by atoms with Crippen LogP contribution in [0.15, 0.2) is 24.3 Å². The second-order valence-electron chi connectivity index (χ2n) is 5.07. The molecule has 0 aliphatic rings. The number of amides is 1. The molecule has 1 aromatic rings. The Hall–Kier alpha value is -1.90. The van der Waals surface area contributed by atoms with Crippen molar-refractivity contribution in [3.8, 4) is 6.07 Å². The summed E-state index contributed by atoms with van der Waals surface area (Å²) in [5, 5.41) is 20.2. The standard InChI is InChI=1S/C16H23N3O2/c1-19(10-3-2-4-12-20)11-9-16(21)18-15-7-5-14(13-17)6-8-15/h5-8,20H,2-4,9-12H2,1H3,(H,18,21). The number of hydrogen-bond donors (Lipinski definition) is 2. The summed E-state index contributed by atoms with van der Waals surface area (Å²) in [5.74, 6) is -0.0260. The fourth-order valence-corrected chi connectivity index (χ4v) is 1.93. The average molecular weight is 289 g/mol. The molecule has 0 fully saturated rings. The number of unbranched alkanes of at least 4 members (excludes halogenated alkanes) is 2.